The zero-order chi connectivity index (χ0) is 15.4. The van der Waals surface area contributed by atoms with Crippen LogP contribution in [0.2, 0.25) is 0 Å². The minimum Gasteiger partial charge on any atom is -0.356 e. The molecule has 0 radical (unpaired) electrons. The van der Waals surface area contributed by atoms with Crippen LogP contribution in [0.5, 0.6) is 0 Å². The summed E-state index contributed by atoms with van der Waals surface area (Å²) < 4.78 is 2.26. The summed E-state index contributed by atoms with van der Waals surface area (Å²) in [5.74, 6) is 0.398. The quantitative estimate of drug-likeness (QED) is 0.861. The third-order valence-electron chi connectivity index (χ3n) is 4.55. The van der Waals surface area contributed by atoms with Crippen molar-refractivity contribution in [3.63, 3.8) is 0 Å². The number of nitrogens with one attached hydrogen (secondary N) is 1. The first-order valence-corrected chi connectivity index (χ1v) is 8.24. The zero-order valence-electron chi connectivity index (χ0n) is 13.3. The molecule has 1 N–H and O–H groups in total. The summed E-state index contributed by atoms with van der Waals surface area (Å²) in [5.41, 5.74) is 1.27. The third-order valence-corrected chi connectivity index (χ3v) is 4.55. The number of aromatic nitrogens is 1. The number of nitrogens with zero attached hydrogens (tertiary/aromatic N) is 2. The van der Waals surface area contributed by atoms with Crippen LogP contribution in [0, 0.1) is 5.92 Å². The van der Waals surface area contributed by atoms with Crippen LogP contribution >= 0.6 is 0 Å². The molecule has 0 spiro atoms. The highest BCUT2D eigenvalue weighted by Crippen LogP contribution is 2.16. The van der Waals surface area contributed by atoms with Crippen molar-refractivity contribution in [1.29, 1.82) is 0 Å². The van der Waals surface area contributed by atoms with Crippen LogP contribution in [-0.2, 0) is 11.3 Å². The van der Waals surface area contributed by atoms with Crippen LogP contribution in [0.3, 0.4) is 0 Å². The average molecular weight is 299 g/mol. The second kappa shape index (κ2) is 6.97. The molecule has 0 saturated carbocycles. The summed E-state index contributed by atoms with van der Waals surface area (Å²) >= 11 is 0. The molecule has 118 valence electrons. The number of amides is 1. The Hall–Kier alpha value is -1.81. The van der Waals surface area contributed by atoms with Gasteiger partial charge in [-0.25, -0.2) is 0 Å². The van der Waals surface area contributed by atoms with E-state index in [1.807, 2.05) is 0 Å². The van der Waals surface area contributed by atoms with Crippen LogP contribution in [-0.4, -0.2) is 42.1 Å². The number of hydrogen-bond donors (Lipinski definition) is 1. The highest BCUT2D eigenvalue weighted by Gasteiger charge is 2.23. The first-order valence-electron chi connectivity index (χ1n) is 8.24. The number of carbonyl (C=O) groups excluding carboxylic acids is 1. The highest BCUT2D eigenvalue weighted by atomic mass is 16.1. The van der Waals surface area contributed by atoms with Gasteiger partial charge in [-0.05, 0) is 50.4 Å². The number of benzene rings is 1. The molecule has 22 heavy (non-hydrogen) atoms. The molecule has 1 aromatic heterocycles. The van der Waals surface area contributed by atoms with Crippen LogP contribution < -0.4 is 5.32 Å². The first-order chi connectivity index (χ1) is 10.7. The summed E-state index contributed by atoms with van der Waals surface area (Å²) in [4.78, 5) is 14.4. The maximum atomic E-state index is 12.2. The van der Waals surface area contributed by atoms with E-state index in [0.29, 0.717) is 0 Å². The van der Waals surface area contributed by atoms with Crippen molar-refractivity contribution in [3.05, 3.63) is 36.5 Å². The second-order valence-corrected chi connectivity index (χ2v) is 6.31. The van der Waals surface area contributed by atoms with Crippen LogP contribution in [0.1, 0.15) is 19.3 Å². The van der Waals surface area contributed by atoms with Gasteiger partial charge in [-0.15, -0.1) is 0 Å². The van der Waals surface area contributed by atoms with E-state index < -0.39 is 0 Å². The molecular weight excluding hydrogens is 274 g/mol. The van der Waals surface area contributed by atoms with Gasteiger partial charge < -0.3 is 14.8 Å². The molecule has 0 aliphatic carbocycles. The van der Waals surface area contributed by atoms with Crippen LogP contribution in [0.4, 0.5) is 0 Å². The van der Waals surface area contributed by atoms with E-state index in [4.69, 9.17) is 0 Å². The largest absolute Gasteiger partial charge is 0.356 e. The summed E-state index contributed by atoms with van der Waals surface area (Å²) in [6.07, 6.45) is 5.25. The third kappa shape index (κ3) is 3.50. The lowest BCUT2D eigenvalue weighted by molar-refractivity contribution is -0.126. The molecule has 1 saturated heterocycles. The van der Waals surface area contributed by atoms with Crippen molar-refractivity contribution in [2.45, 2.75) is 25.8 Å². The van der Waals surface area contributed by atoms with Gasteiger partial charge in [-0.3, -0.25) is 4.79 Å². The molecule has 4 nitrogen and oxygen atoms in total. The fourth-order valence-electron chi connectivity index (χ4n) is 3.32. The highest BCUT2D eigenvalue weighted by molar-refractivity contribution is 5.80. The fraction of sp³-hybridized carbons (Fsp3) is 0.500. The van der Waals surface area contributed by atoms with Crippen LogP contribution in [0.15, 0.2) is 36.5 Å². The van der Waals surface area contributed by atoms with Gasteiger partial charge in [-0.1, -0.05) is 18.2 Å². The van der Waals surface area contributed by atoms with Gasteiger partial charge in [-0.2, -0.15) is 0 Å². The number of rotatable bonds is 5. The molecule has 3 rings (SSSR count). The Labute approximate surface area is 132 Å². The fourth-order valence-corrected chi connectivity index (χ4v) is 3.32. The van der Waals surface area contributed by atoms with Gasteiger partial charge >= 0.3 is 0 Å². The molecule has 1 atom stereocenters. The van der Waals surface area contributed by atoms with E-state index in [1.54, 1.807) is 0 Å². The maximum absolute atomic E-state index is 12.2. The van der Waals surface area contributed by atoms with Crippen molar-refractivity contribution in [2.24, 2.45) is 5.92 Å². The van der Waals surface area contributed by atoms with Crippen molar-refractivity contribution < 1.29 is 4.79 Å². The zero-order valence-corrected chi connectivity index (χ0v) is 13.3. The number of carbonyl (C=O) groups is 1. The van der Waals surface area contributed by atoms with Gasteiger partial charge in [0.05, 0.1) is 5.92 Å². The maximum Gasteiger partial charge on any atom is 0.224 e. The number of piperidine rings is 1. The molecule has 2 aromatic rings. The number of aryl methyl sites for hydroxylation is 1. The lowest BCUT2D eigenvalue weighted by Gasteiger charge is -2.28. The molecule has 1 fully saturated rings. The Morgan fingerprint density at radius 1 is 1.32 bits per heavy atom. The van der Waals surface area contributed by atoms with E-state index in [0.717, 1.165) is 45.4 Å². The van der Waals surface area contributed by atoms with Gasteiger partial charge in [0.25, 0.3) is 0 Å². The SMILES string of the molecule is CN1CCCC(C(=O)NCCCn2ccc3ccccc32)C1. The van der Waals surface area contributed by atoms with E-state index in [9.17, 15) is 4.79 Å². The normalized spacial score (nSPS) is 19.4. The Kier molecular flexibility index (Phi) is 4.78. The van der Waals surface area contributed by atoms with E-state index >= 15 is 0 Å². The van der Waals surface area contributed by atoms with Crippen molar-refractivity contribution in [3.8, 4) is 0 Å². The number of fused-ring (bicyclic) bond motifs is 1. The summed E-state index contributed by atoms with van der Waals surface area (Å²) in [6, 6.07) is 10.6. The second-order valence-electron chi connectivity index (χ2n) is 6.31. The Bertz CT molecular complexity index is 634. The molecule has 1 aliphatic rings. The molecule has 4 heteroatoms. The molecule has 1 aromatic carbocycles. The monoisotopic (exact) mass is 299 g/mol. The summed E-state index contributed by atoms with van der Waals surface area (Å²) in [7, 11) is 2.09. The number of likely N-dealkylation sites (tertiary alicyclic amines) is 1. The summed E-state index contributed by atoms with van der Waals surface area (Å²) in [6.45, 7) is 3.71. The number of hydrogen-bond acceptors (Lipinski definition) is 2. The van der Waals surface area contributed by atoms with Gasteiger partial charge in [0.2, 0.25) is 5.91 Å². The average Bonchev–Trinajstić information content (AvgIpc) is 2.95. The Balaban J connectivity index is 1.44. The van der Waals surface area contributed by atoms with Crippen molar-refractivity contribution >= 4 is 16.8 Å². The Morgan fingerprint density at radius 3 is 3.05 bits per heavy atom. The van der Waals surface area contributed by atoms with Gasteiger partial charge in [0.15, 0.2) is 0 Å². The topological polar surface area (TPSA) is 37.3 Å². The van der Waals surface area contributed by atoms with E-state index in [2.05, 4.69) is 58.4 Å². The molecule has 2 heterocycles. The molecule has 1 aliphatic heterocycles. The van der Waals surface area contributed by atoms with Gasteiger partial charge in [0, 0.05) is 31.3 Å². The van der Waals surface area contributed by atoms with Crippen molar-refractivity contribution in [2.75, 3.05) is 26.7 Å². The van der Waals surface area contributed by atoms with Crippen molar-refractivity contribution in [1.82, 2.24) is 14.8 Å². The van der Waals surface area contributed by atoms with E-state index in [1.165, 1.54) is 10.9 Å². The van der Waals surface area contributed by atoms with Gasteiger partial charge in [0.1, 0.15) is 0 Å². The van der Waals surface area contributed by atoms with Crippen LogP contribution in [0.25, 0.3) is 10.9 Å². The summed E-state index contributed by atoms with van der Waals surface area (Å²) in [5, 5.41) is 4.38. The molecular formula is C18H25N3O. The predicted molar refractivity (Wildman–Crippen MR) is 89.8 cm³/mol. The minimum atomic E-state index is 0.172. The Morgan fingerprint density at radius 2 is 2.18 bits per heavy atom. The predicted octanol–water partition coefficient (Wildman–Crippen LogP) is 2.49. The molecule has 1 amide bonds. The smallest absolute Gasteiger partial charge is 0.224 e. The first kappa shape index (κ1) is 15.1. The lowest BCUT2D eigenvalue weighted by atomic mass is 9.97. The lowest BCUT2D eigenvalue weighted by Crippen LogP contribution is -2.41. The standard InChI is InChI=1S/C18H25N3O/c1-20-11-4-7-16(14-20)18(22)19-10-5-12-21-13-9-15-6-2-3-8-17(15)21/h2-3,6,8-9,13,16H,4-5,7,10-12,14H2,1H3,(H,19,22). The minimum absolute atomic E-state index is 0.172. The number of para-hydroxylation sites is 1. The van der Waals surface area contributed by atoms with E-state index in [-0.39, 0.29) is 11.8 Å². The molecule has 0 bridgehead atoms. The molecule has 1 unspecified atom stereocenters.